The molecule has 0 fully saturated rings. The molecule has 2 amide bonds. The van der Waals surface area contributed by atoms with Crippen molar-refractivity contribution in [3.05, 3.63) is 40.9 Å². The normalized spacial score (nSPS) is 15.1. The zero-order valence-corrected chi connectivity index (χ0v) is 16.9. The fraction of sp³-hybridized carbons (Fsp3) is 0.500. The standard InChI is InChI=1S/C20H29ClN4O2/c1-3-4-13-24(2)14-5-12-22-19(26)15-25-20(27)11-10-18(23-25)16-6-8-17(21)9-7-16/h6-10,23H,3-5,11-15H2,1-2H3,(H,22,26)/p+1. The van der Waals surface area contributed by atoms with E-state index in [-0.39, 0.29) is 24.8 Å². The molecule has 148 valence electrons. The van der Waals surface area contributed by atoms with Gasteiger partial charge in [0, 0.05) is 24.4 Å². The van der Waals surface area contributed by atoms with Crippen LogP contribution in [-0.2, 0) is 9.59 Å². The van der Waals surface area contributed by atoms with Crippen LogP contribution in [-0.4, -0.2) is 50.0 Å². The molecule has 7 heteroatoms. The lowest BCUT2D eigenvalue weighted by Crippen LogP contribution is -3.09. The second-order valence-electron chi connectivity index (χ2n) is 6.93. The van der Waals surface area contributed by atoms with Crippen LogP contribution in [0.5, 0.6) is 0 Å². The smallest absolute Gasteiger partial charge is 0.245 e. The molecule has 6 nitrogen and oxygen atoms in total. The fourth-order valence-electron chi connectivity index (χ4n) is 2.91. The second-order valence-corrected chi connectivity index (χ2v) is 7.37. The molecule has 1 atom stereocenters. The topological polar surface area (TPSA) is 65.9 Å². The van der Waals surface area contributed by atoms with Gasteiger partial charge in [-0.2, -0.15) is 0 Å². The molecule has 27 heavy (non-hydrogen) atoms. The summed E-state index contributed by atoms with van der Waals surface area (Å²) in [6.45, 7) is 5.02. The Kier molecular flexibility index (Phi) is 8.61. The van der Waals surface area contributed by atoms with Gasteiger partial charge in [-0.15, -0.1) is 0 Å². The molecule has 1 aliphatic rings. The van der Waals surface area contributed by atoms with Gasteiger partial charge in [0.2, 0.25) is 11.8 Å². The van der Waals surface area contributed by atoms with Gasteiger partial charge >= 0.3 is 0 Å². The molecule has 1 heterocycles. The van der Waals surface area contributed by atoms with Crippen LogP contribution in [0.25, 0.3) is 5.70 Å². The number of quaternary nitrogens is 1. The number of nitrogens with one attached hydrogen (secondary N) is 3. The molecule has 2 rings (SSSR count). The number of rotatable bonds is 10. The summed E-state index contributed by atoms with van der Waals surface area (Å²) in [5.41, 5.74) is 4.77. The highest BCUT2D eigenvalue weighted by Crippen LogP contribution is 2.19. The van der Waals surface area contributed by atoms with E-state index in [4.69, 9.17) is 11.6 Å². The van der Waals surface area contributed by atoms with E-state index in [1.54, 1.807) is 12.1 Å². The van der Waals surface area contributed by atoms with Crippen LogP contribution >= 0.6 is 11.6 Å². The SMILES string of the molecule is CCCC[NH+](C)CCCNC(=O)CN1NC(c2ccc(Cl)cc2)=CCC1=O. The maximum Gasteiger partial charge on any atom is 0.245 e. The van der Waals surface area contributed by atoms with Gasteiger partial charge in [0.15, 0.2) is 0 Å². The molecule has 1 unspecified atom stereocenters. The summed E-state index contributed by atoms with van der Waals surface area (Å²) in [6, 6.07) is 7.36. The molecule has 1 aromatic carbocycles. The number of hydrogen-bond donors (Lipinski definition) is 3. The number of carbonyl (C=O) groups is 2. The summed E-state index contributed by atoms with van der Waals surface area (Å²) in [7, 11) is 2.18. The second kappa shape index (κ2) is 10.9. The van der Waals surface area contributed by atoms with Gasteiger partial charge in [-0.25, -0.2) is 5.01 Å². The number of hydrogen-bond acceptors (Lipinski definition) is 3. The lowest BCUT2D eigenvalue weighted by atomic mass is 10.1. The maximum absolute atomic E-state index is 12.2. The monoisotopic (exact) mass is 393 g/mol. The Morgan fingerprint density at radius 3 is 2.67 bits per heavy atom. The summed E-state index contributed by atoms with van der Waals surface area (Å²) in [4.78, 5) is 25.8. The van der Waals surface area contributed by atoms with Crippen molar-refractivity contribution in [2.24, 2.45) is 0 Å². The lowest BCUT2D eigenvalue weighted by Gasteiger charge is -2.28. The van der Waals surface area contributed by atoms with Crippen molar-refractivity contribution < 1.29 is 14.5 Å². The van der Waals surface area contributed by atoms with E-state index in [0.29, 0.717) is 11.6 Å². The lowest BCUT2D eigenvalue weighted by molar-refractivity contribution is -0.879. The van der Waals surface area contributed by atoms with Crippen LogP contribution < -0.4 is 15.6 Å². The average Bonchev–Trinajstić information content (AvgIpc) is 2.66. The highest BCUT2D eigenvalue weighted by atomic mass is 35.5. The molecular formula is C20H30ClN4O2+. The Balaban J connectivity index is 1.75. The number of hydrazine groups is 1. The van der Waals surface area contributed by atoms with Crippen LogP contribution in [0.15, 0.2) is 30.3 Å². The largest absolute Gasteiger partial charge is 0.354 e. The molecule has 0 saturated heterocycles. The summed E-state index contributed by atoms with van der Waals surface area (Å²) in [5.74, 6) is -0.272. The number of unbranched alkanes of at least 4 members (excludes halogenated alkanes) is 1. The molecule has 0 radical (unpaired) electrons. The van der Waals surface area contributed by atoms with Crippen molar-refractivity contribution in [1.82, 2.24) is 15.8 Å². The van der Waals surface area contributed by atoms with E-state index in [1.165, 1.54) is 22.8 Å². The van der Waals surface area contributed by atoms with Gasteiger partial charge in [0.1, 0.15) is 6.54 Å². The first-order valence-electron chi connectivity index (χ1n) is 9.60. The van der Waals surface area contributed by atoms with Crippen molar-refractivity contribution in [3.63, 3.8) is 0 Å². The predicted molar refractivity (Wildman–Crippen MR) is 108 cm³/mol. The van der Waals surface area contributed by atoms with E-state index in [0.717, 1.165) is 30.8 Å². The van der Waals surface area contributed by atoms with Gasteiger partial charge in [-0.3, -0.25) is 15.0 Å². The van der Waals surface area contributed by atoms with E-state index >= 15 is 0 Å². The first-order chi connectivity index (χ1) is 13.0. The van der Waals surface area contributed by atoms with Gasteiger partial charge in [0.05, 0.1) is 25.8 Å². The van der Waals surface area contributed by atoms with Gasteiger partial charge in [0.25, 0.3) is 0 Å². The predicted octanol–water partition coefficient (Wildman–Crippen LogP) is 1.24. The highest BCUT2D eigenvalue weighted by molar-refractivity contribution is 6.30. The van der Waals surface area contributed by atoms with Crippen molar-refractivity contribution in [1.29, 1.82) is 0 Å². The Morgan fingerprint density at radius 2 is 1.96 bits per heavy atom. The van der Waals surface area contributed by atoms with Crippen LogP contribution in [0.4, 0.5) is 0 Å². The summed E-state index contributed by atoms with van der Waals surface area (Å²) >= 11 is 5.92. The minimum absolute atomic E-state index is 0.00228. The van der Waals surface area contributed by atoms with Crippen molar-refractivity contribution in [3.8, 4) is 0 Å². The number of amides is 2. The first-order valence-corrected chi connectivity index (χ1v) is 9.98. The molecule has 0 aromatic heterocycles. The van der Waals surface area contributed by atoms with Crippen molar-refractivity contribution in [2.45, 2.75) is 32.6 Å². The van der Waals surface area contributed by atoms with Crippen molar-refractivity contribution in [2.75, 3.05) is 33.2 Å². The molecule has 0 aliphatic carbocycles. The van der Waals surface area contributed by atoms with Gasteiger partial charge in [-0.05, 0) is 30.2 Å². The summed E-state index contributed by atoms with van der Waals surface area (Å²) in [6.07, 6.45) is 5.46. The summed E-state index contributed by atoms with van der Waals surface area (Å²) in [5, 5.41) is 4.93. The third-order valence-electron chi connectivity index (χ3n) is 4.55. The number of halogens is 1. The van der Waals surface area contributed by atoms with Gasteiger partial charge in [-0.1, -0.05) is 37.1 Å². The zero-order valence-electron chi connectivity index (χ0n) is 16.2. The third kappa shape index (κ3) is 7.23. The van der Waals surface area contributed by atoms with E-state index in [9.17, 15) is 9.59 Å². The van der Waals surface area contributed by atoms with E-state index in [2.05, 4.69) is 24.7 Å². The van der Waals surface area contributed by atoms with Crippen molar-refractivity contribution >= 4 is 29.1 Å². The van der Waals surface area contributed by atoms with E-state index in [1.807, 2.05) is 18.2 Å². The highest BCUT2D eigenvalue weighted by Gasteiger charge is 2.22. The average molecular weight is 394 g/mol. The molecule has 3 N–H and O–H groups in total. The van der Waals surface area contributed by atoms with E-state index < -0.39 is 0 Å². The first kappa shape index (κ1) is 21.3. The quantitative estimate of drug-likeness (QED) is 0.524. The number of benzene rings is 1. The summed E-state index contributed by atoms with van der Waals surface area (Å²) < 4.78 is 0. The Bertz CT molecular complexity index is 660. The maximum atomic E-state index is 12.2. The van der Waals surface area contributed by atoms with Crippen LogP contribution in [0.1, 0.15) is 38.2 Å². The molecule has 0 saturated carbocycles. The fourth-order valence-corrected chi connectivity index (χ4v) is 3.04. The van der Waals surface area contributed by atoms with Gasteiger partial charge < -0.3 is 10.2 Å². The minimum Gasteiger partial charge on any atom is -0.354 e. The zero-order chi connectivity index (χ0) is 19.6. The molecular weight excluding hydrogens is 364 g/mol. The molecule has 1 aliphatic heterocycles. The molecule has 0 spiro atoms. The number of carbonyl (C=O) groups excluding carboxylic acids is 2. The Labute approximate surface area is 166 Å². The number of nitrogens with zero attached hydrogens (tertiary/aromatic N) is 1. The Morgan fingerprint density at radius 1 is 1.26 bits per heavy atom. The Hall–Kier alpha value is -2.05. The minimum atomic E-state index is -0.153. The van der Waals surface area contributed by atoms with Crippen LogP contribution in [0.3, 0.4) is 0 Å². The molecule has 0 bridgehead atoms. The molecule has 1 aromatic rings. The third-order valence-corrected chi connectivity index (χ3v) is 4.81. The van der Waals surface area contributed by atoms with Crippen LogP contribution in [0, 0.1) is 0 Å². The van der Waals surface area contributed by atoms with Crippen LogP contribution in [0.2, 0.25) is 5.02 Å².